The number of aromatic nitrogens is 3. The fourth-order valence-corrected chi connectivity index (χ4v) is 4.22. The summed E-state index contributed by atoms with van der Waals surface area (Å²) in [6.07, 6.45) is 0. The molecule has 182 valence electrons. The molecule has 5 rings (SSSR count). The number of anilines is 3. The molecule has 4 aromatic rings. The van der Waals surface area contributed by atoms with Gasteiger partial charge in [0.1, 0.15) is 5.82 Å². The number of hydrogen-bond donors (Lipinski definition) is 3. The first-order valence-corrected chi connectivity index (χ1v) is 10.9. The van der Waals surface area contributed by atoms with Gasteiger partial charge in [-0.1, -0.05) is 0 Å². The number of nitrogens with two attached hydrogens (primary N) is 1. The molecule has 0 spiro atoms. The normalized spacial score (nSPS) is 12.1. The van der Waals surface area contributed by atoms with Crippen molar-refractivity contribution in [2.45, 2.75) is 20.0 Å². The van der Waals surface area contributed by atoms with Crippen LogP contribution in [-0.4, -0.2) is 36.3 Å². The van der Waals surface area contributed by atoms with E-state index in [0.29, 0.717) is 41.8 Å². The summed E-state index contributed by atoms with van der Waals surface area (Å²) in [6, 6.07) is 11.5. The molecule has 0 aliphatic carbocycles. The van der Waals surface area contributed by atoms with Gasteiger partial charge >= 0.3 is 0 Å². The van der Waals surface area contributed by atoms with Crippen LogP contribution in [0.1, 0.15) is 17.0 Å². The van der Waals surface area contributed by atoms with Gasteiger partial charge in [0.15, 0.2) is 17.3 Å². The molecule has 0 saturated carbocycles. The Kier molecular flexibility index (Phi) is 6.81. The van der Waals surface area contributed by atoms with Crippen LogP contribution in [0.25, 0.3) is 22.3 Å². The molecule has 1 aliphatic heterocycles. The lowest BCUT2D eigenvalue weighted by molar-refractivity contribution is 0.324. The van der Waals surface area contributed by atoms with Gasteiger partial charge < -0.3 is 30.6 Å². The Balaban J connectivity index is 0.00000289. The molecule has 9 nitrogen and oxygen atoms in total. The molecule has 2 aromatic carbocycles. The van der Waals surface area contributed by atoms with Crippen molar-refractivity contribution in [3.8, 4) is 28.6 Å². The first-order valence-electron chi connectivity index (χ1n) is 10.9. The van der Waals surface area contributed by atoms with E-state index in [1.54, 1.807) is 21.3 Å². The fourth-order valence-electron chi connectivity index (χ4n) is 4.22. The van der Waals surface area contributed by atoms with E-state index in [1.165, 1.54) is 0 Å². The minimum Gasteiger partial charge on any atom is -0.493 e. The zero-order valence-corrected chi connectivity index (χ0v) is 20.7. The Bertz CT molecular complexity index is 1390. The number of halogens is 1. The maximum Gasteiger partial charge on any atom is 0.203 e. The lowest BCUT2D eigenvalue weighted by Crippen LogP contribution is -2.05. The average molecular weight is 495 g/mol. The third kappa shape index (κ3) is 4.48. The molecule has 0 atom stereocenters. The lowest BCUT2D eigenvalue weighted by atomic mass is 10.1. The molecule has 0 amide bonds. The summed E-state index contributed by atoms with van der Waals surface area (Å²) in [5, 5.41) is 7.72. The van der Waals surface area contributed by atoms with Crippen LogP contribution in [-0.2, 0) is 13.1 Å². The number of aryl methyl sites for hydroxylation is 1. The topological polar surface area (TPSA) is 116 Å². The number of hydrogen-bond acceptors (Lipinski definition) is 9. The van der Waals surface area contributed by atoms with Gasteiger partial charge in [-0.3, -0.25) is 4.98 Å². The molecular weight excluding hydrogens is 468 g/mol. The van der Waals surface area contributed by atoms with Crippen LogP contribution in [0.4, 0.5) is 17.2 Å². The summed E-state index contributed by atoms with van der Waals surface area (Å²) in [6.45, 7) is 3.28. The van der Waals surface area contributed by atoms with E-state index in [1.807, 2.05) is 43.3 Å². The standard InChI is InChI=1S/C25H26N6O3.ClH/c1-13-7-18(26)16-10-15(5-6-19(16)28-13)29-25-17-11-27-12-20(17)30-24(31-25)14-8-21(32-2)23(34-4)22(9-14)33-3;/h5-10,27H,11-12H2,1-4H3,(H2,26,28)(H,29,30,31);1H. The van der Waals surface area contributed by atoms with E-state index in [9.17, 15) is 0 Å². The molecule has 0 saturated heterocycles. The van der Waals surface area contributed by atoms with Gasteiger partial charge in [0, 0.05) is 46.7 Å². The van der Waals surface area contributed by atoms with Crippen LogP contribution >= 0.6 is 12.4 Å². The zero-order valence-electron chi connectivity index (χ0n) is 19.9. The third-order valence-corrected chi connectivity index (χ3v) is 5.84. The largest absolute Gasteiger partial charge is 0.493 e. The van der Waals surface area contributed by atoms with Crippen LogP contribution < -0.4 is 30.6 Å². The quantitative estimate of drug-likeness (QED) is 0.359. The number of nitrogens with one attached hydrogen (secondary N) is 2. The molecule has 4 N–H and O–H groups in total. The van der Waals surface area contributed by atoms with E-state index in [4.69, 9.17) is 29.9 Å². The summed E-state index contributed by atoms with van der Waals surface area (Å²) in [7, 11) is 4.75. The number of benzene rings is 2. The number of rotatable bonds is 6. The molecule has 1 aliphatic rings. The van der Waals surface area contributed by atoms with Gasteiger partial charge in [-0.2, -0.15) is 0 Å². The molecular formula is C25H27ClN6O3. The Morgan fingerprint density at radius 3 is 2.34 bits per heavy atom. The number of nitrogen functional groups attached to an aromatic ring is 1. The number of ether oxygens (including phenoxy) is 3. The predicted molar refractivity (Wildman–Crippen MR) is 139 cm³/mol. The molecule has 3 heterocycles. The number of nitrogens with zero attached hydrogens (tertiary/aromatic N) is 3. The van der Waals surface area contributed by atoms with E-state index >= 15 is 0 Å². The minimum atomic E-state index is 0. The molecule has 0 unspecified atom stereocenters. The van der Waals surface area contributed by atoms with Gasteiger partial charge in [0.05, 0.1) is 32.5 Å². The van der Waals surface area contributed by atoms with Crippen molar-refractivity contribution in [1.29, 1.82) is 0 Å². The van der Waals surface area contributed by atoms with Gasteiger partial charge in [-0.15, -0.1) is 12.4 Å². The second kappa shape index (κ2) is 9.81. The van der Waals surface area contributed by atoms with Crippen molar-refractivity contribution in [3.05, 3.63) is 53.3 Å². The average Bonchev–Trinajstić information content (AvgIpc) is 3.32. The van der Waals surface area contributed by atoms with Crippen molar-refractivity contribution in [2.75, 3.05) is 32.4 Å². The second-order valence-corrected chi connectivity index (χ2v) is 8.05. The monoisotopic (exact) mass is 494 g/mol. The van der Waals surface area contributed by atoms with Crippen LogP contribution in [0.3, 0.4) is 0 Å². The van der Waals surface area contributed by atoms with Gasteiger partial charge in [-0.25, -0.2) is 9.97 Å². The Labute approximate surface area is 209 Å². The van der Waals surface area contributed by atoms with Crippen molar-refractivity contribution >= 4 is 40.5 Å². The lowest BCUT2D eigenvalue weighted by Gasteiger charge is -2.16. The van der Waals surface area contributed by atoms with Crippen molar-refractivity contribution in [2.24, 2.45) is 0 Å². The summed E-state index contributed by atoms with van der Waals surface area (Å²) in [5.74, 6) is 2.90. The highest BCUT2D eigenvalue weighted by atomic mass is 35.5. The number of pyridine rings is 1. The summed E-state index contributed by atoms with van der Waals surface area (Å²) in [4.78, 5) is 14.2. The van der Waals surface area contributed by atoms with E-state index < -0.39 is 0 Å². The van der Waals surface area contributed by atoms with E-state index in [2.05, 4.69) is 15.6 Å². The maximum absolute atomic E-state index is 6.25. The van der Waals surface area contributed by atoms with Crippen molar-refractivity contribution in [1.82, 2.24) is 20.3 Å². The third-order valence-electron chi connectivity index (χ3n) is 5.84. The summed E-state index contributed by atoms with van der Waals surface area (Å²) < 4.78 is 16.5. The highest BCUT2D eigenvalue weighted by Gasteiger charge is 2.22. The van der Waals surface area contributed by atoms with Crippen LogP contribution in [0.5, 0.6) is 17.2 Å². The highest BCUT2D eigenvalue weighted by Crippen LogP contribution is 2.41. The molecule has 0 radical (unpaired) electrons. The predicted octanol–water partition coefficient (Wildman–Crippen LogP) is 4.38. The molecule has 2 aromatic heterocycles. The van der Waals surface area contributed by atoms with Gasteiger partial charge in [0.2, 0.25) is 5.75 Å². The first kappa shape index (κ1) is 24.3. The molecule has 35 heavy (non-hydrogen) atoms. The minimum absolute atomic E-state index is 0. The Morgan fingerprint density at radius 2 is 1.66 bits per heavy atom. The molecule has 0 fully saturated rings. The number of methoxy groups -OCH3 is 3. The first-order chi connectivity index (χ1) is 16.5. The fraction of sp³-hybridized carbons (Fsp3) is 0.240. The molecule has 0 bridgehead atoms. The maximum atomic E-state index is 6.25. The van der Waals surface area contributed by atoms with Crippen LogP contribution in [0, 0.1) is 6.92 Å². The van der Waals surface area contributed by atoms with Crippen molar-refractivity contribution < 1.29 is 14.2 Å². The molecule has 10 heteroatoms. The van der Waals surface area contributed by atoms with E-state index in [0.717, 1.165) is 44.9 Å². The van der Waals surface area contributed by atoms with Gasteiger partial charge in [-0.05, 0) is 43.3 Å². The Hall–Kier alpha value is -3.82. The van der Waals surface area contributed by atoms with Gasteiger partial charge in [0.25, 0.3) is 0 Å². The SMILES string of the molecule is COc1cc(-c2nc3c(c(Nc4ccc5nc(C)cc(N)c5c4)n2)CNC3)cc(OC)c1OC.Cl. The zero-order chi connectivity index (χ0) is 23.8. The summed E-state index contributed by atoms with van der Waals surface area (Å²) >= 11 is 0. The van der Waals surface area contributed by atoms with E-state index in [-0.39, 0.29) is 12.4 Å². The van der Waals surface area contributed by atoms with Crippen LogP contribution in [0.15, 0.2) is 36.4 Å². The second-order valence-electron chi connectivity index (χ2n) is 8.05. The Morgan fingerprint density at radius 1 is 0.914 bits per heavy atom. The smallest absolute Gasteiger partial charge is 0.203 e. The van der Waals surface area contributed by atoms with Crippen LogP contribution in [0.2, 0.25) is 0 Å². The van der Waals surface area contributed by atoms with Crippen molar-refractivity contribution in [3.63, 3.8) is 0 Å². The number of fused-ring (bicyclic) bond motifs is 2. The highest BCUT2D eigenvalue weighted by molar-refractivity contribution is 5.93. The summed E-state index contributed by atoms with van der Waals surface area (Å²) in [5.41, 5.74) is 12.3.